The predicted molar refractivity (Wildman–Crippen MR) is 101 cm³/mol. The van der Waals surface area contributed by atoms with Gasteiger partial charge in [0.25, 0.3) is 0 Å². The third-order valence-electron chi connectivity index (χ3n) is 3.16. The molecule has 2 N–H and O–H groups in total. The maximum Gasteiger partial charge on any atom is 0.217 e. The minimum atomic E-state index is -0.271. The summed E-state index contributed by atoms with van der Waals surface area (Å²) in [4.78, 5) is 10.5. The highest BCUT2D eigenvalue weighted by Crippen LogP contribution is 2.03. The number of unbranched alkanes of at least 4 members (excludes halogenated alkanes) is 6. The number of hydrogen-bond acceptors (Lipinski definition) is 1. The van der Waals surface area contributed by atoms with E-state index in [0.717, 1.165) is 12.8 Å². The number of carbonyl (C=O) groups is 1. The first-order valence-electron chi connectivity index (χ1n) is 8.88. The molecule has 0 aliphatic rings. The van der Waals surface area contributed by atoms with Crippen LogP contribution in [-0.4, -0.2) is 5.91 Å². The summed E-state index contributed by atoms with van der Waals surface area (Å²) in [5.74, 6) is 23.9. The van der Waals surface area contributed by atoms with Gasteiger partial charge >= 0.3 is 0 Å². The van der Waals surface area contributed by atoms with Gasteiger partial charge in [-0.25, -0.2) is 0 Å². The van der Waals surface area contributed by atoms with E-state index < -0.39 is 0 Å². The Morgan fingerprint density at radius 1 is 0.667 bits per heavy atom. The monoisotopic (exact) mass is 323 g/mol. The molecule has 0 heterocycles. The Morgan fingerprint density at radius 3 is 1.62 bits per heavy atom. The Balaban J connectivity index is 3.55. The zero-order valence-electron chi connectivity index (χ0n) is 15.0. The van der Waals surface area contributed by atoms with Crippen LogP contribution in [0.15, 0.2) is 0 Å². The second-order valence-electron chi connectivity index (χ2n) is 5.43. The van der Waals surface area contributed by atoms with Crippen molar-refractivity contribution in [2.75, 3.05) is 0 Å². The molecular formula is C22H29NO. The SMILES string of the molecule is CCCCCCCC#CCC#CCC#CCC#CCCCC(N)=O. The predicted octanol–water partition coefficient (Wildman–Crippen LogP) is 4.19. The minimum Gasteiger partial charge on any atom is -0.370 e. The molecule has 2 nitrogen and oxygen atoms in total. The van der Waals surface area contributed by atoms with Crippen LogP contribution in [0.4, 0.5) is 0 Å². The molecule has 0 saturated heterocycles. The molecule has 0 radical (unpaired) electrons. The summed E-state index contributed by atoms with van der Waals surface area (Å²) in [5.41, 5.74) is 5.04. The van der Waals surface area contributed by atoms with E-state index >= 15 is 0 Å². The Labute approximate surface area is 148 Å². The van der Waals surface area contributed by atoms with Crippen molar-refractivity contribution in [2.45, 2.75) is 84.0 Å². The fourth-order valence-electron chi connectivity index (χ4n) is 1.85. The third kappa shape index (κ3) is 19.7. The molecular weight excluding hydrogens is 294 g/mol. The second kappa shape index (κ2) is 18.8. The molecule has 0 saturated carbocycles. The molecule has 0 unspecified atom stereocenters. The highest BCUT2D eigenvalue weighted by Gasteiger charge is 1.90. The summed E-state index contributed by atoms with van der Waals surface area (Å²) in [6.07, 6.45) is 11.0. The zero-order valence-corrected chi connectivity index (χ0v) is 15.0. The van der Waals surface area contributed by atoms with E-state index in [1.165, 1.54) is 32.1 Å². The van der Waals surface area contributed by atoms with Gasteiger partial charge in [0.05, 0.1) is 19.3 Å². The number of carbonyl (C=O) groups excluding carboxylic acids is 1. The van der Waals surface area contributed by atoms with Crippen LogP contribution < -0.4 is 5.73 Å². The Hall–Kier alpha value is -2.29. The van der Waals surface area contributed by atoms with E-state index in [1.807, 2.05) is 0 Å². The molecule has 0 aromatic rings. The summed E-state index contributed by atoms with van der Waals surface area (Å²) in [5, 5.41) is 0. The van der Waals surface area contributed by atoms with Crippen molar-refractivity contribution in [3.8, 4) is 47.4 Å². The summed E-state index contributed by atoms with van der Waals surface area (Å²) in [7, 11) is 0. The molecule has 24 heavy (non-hydrogen) atoms. The quantitative estimate of drug-likeness (QED) is 0.528. The van der Waals surface area contributed by atoms with Crippen LogP contribution in [0.2, 0.25) is 0 Å². The molecule has 0 bridgehead atoms. The normalized spacial score (nSPS) is 8.38. The number of amides is 1. The maximum atomic E-state index is 10.5. The van der Waals surface area contributed by atoms with E-state index in [4.69, 9.17) is 5.73 Å². The molecule has 0 spiro atoms. The Bertz CT molecular complexity index is 572. The molecule has 1 amide bonds. The molecule has 0 aliphatic heterocycles. The van der Waals surface area contributed by atoms with Gasteiger partial charge < -0.3 is 5.73 Å². The summed E-state index contributed by atoms with van der Waals surface area (Å²) in [6.45, 7) is 2.23. The molecule has 0 fully saturated rings. The second-order valence-corrected chi connectivity index (χ2v) is 5.43. The maximum absolute atomic E-state index is 10.5. The van der Waals surface area contributed by atoms with E-state index in [0.29, 0.717) is 32.1 Å². The lowest BCUT2D eigenvalue weighted by Gasteiger charge is -1.94. The average Bonchev–Trinajstić information content (AvgIpc) is 2.56. The molecule has 0 aromatic carbocycles. The third-order valence-corrected chi connectivity index (χ3v) is 3.16. The molecule has 0 atom stereocenters. The van der Waals surface area contributed by atoms with Crippen molar-refractivity contribution in [3.05, 3.63) is 0 Å². The molecule has 0 aromatic heterocycles. The summed E-state index contributed by atoms with van der Waals surface area (Å²) >= 11 is 0. The summed E-state index contributed by atoms with van der Waals surface area (Å²) in [6, 6.07) is 0. The Kier molecular flexibility index (Phi) is 17.0. The minimum absolute atomic E-state index is 0.271. The fraction of sp³-hybridized carbons (Fsp3) is 0.591. The van der Waals surface area contributed by atoms with Crippen LogP contribution >= 0.6 is 0 Å². The lowest BCUT2D eigenvalue weighted by atomic mass is 10.1. The number of primary amides is 1. The van der Waals surface area contributed by atoms with Gasteiger partial charge in [-0.2, -0.15) is 0 Å². The van der Waals surface area contributed by atoms with Gasteiger partial charge in [-0.05, 0) is 12.8 Å². The van der Waals surface area contributed by atoms with Crippen molar-refractivity contribution in [3.63, 3.8) is 0 Å². The smallest absolute Gasteiger partial charge is 0.217 e. The molecule has 0 rings (SSSR count). The fourth-order valence-corrected chi connectivity index (χ4v) is 1.85. The largest absolute Gasteiger partial charge is 0.370 e. The lowest BCUT2D eigenvalue weighted by molar-refractivity contribution is -0.118. The lowest BCUT2D eigenvalue weighted by Crippen LogP contribution is -2.09. The molecule has 2 heteroatoms. The van der Waals surface area contributed by atoms with Gasteiger partial charge in [-0.3, -0.25) is 4.79 Å². The van der Waals surface area contributed by atoms with Crippen molar-refractivity contribution in [1.29, 1.82) is 0 Å². The van der Waals surface area contributed by atoms with Gasteiger partial charge in [-0.1, -0.05) is 68.1 Å². The van der Waals surface area contributed by atoms with Crippen molar-refractivity contribution >= 4 is 5.91 Å². The first kappa shape index (κ1) is 21.7. The van der Waals surface area contributed by atoms with Gasteiger partial charge in [-0.15, -0.1) is 11.8 Å². The number of rotatable bonds is 8. The van der Waals surface area contributed by atoms with Crippen LogP contribution in [0, 0.1) is 47.4 Å². The number of hydrogen-bond donors (Lipinski definition) is 1. The van der Waals surface area contributed by atoms with E-state index in [1.54, 1.807) is 0 Å². The topological polar surface area (TPSA) is 43.1 Å². The van der Waals surface area contributed by atoms with Crippen LogP contribution in [0.5, 0.6) is 0 Å². The van der Waals surface area contributed by atoms with E-state index in [-0.39, 0.29) is 5.91 Å². The van der Waals surface area contributed by atoms with Gasteiger partial charge in [0.15, 0.2) is 0 Å². The van der Waals surface area contributed by atoms with Gasteiger partial charge in [0, 0.05) is 19.3 Å². The average molecular weight is 323 g/mol. The van der Waals surface area contributed by atoms with Crippen LogP contribution in [-0.2, 0) is 4.79 Å². The zero-order chi connectivity index (χ0) is 17.7. The van der Waals surface area contributed by atoms with Crippen molar-refractivity contribution in [2.24, 2.45) is 5.73 Å². The van der Waals surface area contributed by atoms with Gasteiger partial charge in [0.1, 0.15) is 0 Å². The van der Waals surface area contributed by atoms with Crippen LogP contribution in [0.3, 0.4) is 0 Å². The van der Waals surface area contributed by atoms with Gasteiger partial charge in [0.2, 0.25) is 5.91 Å². The Morgan fingerprint density at radius 2 is 1.12 bits per heavy atom. The first-order chi connectivity index (χ1) is 11.8. The van der Waals surface area contributed by atoms with Crippen molar-refractivity contribution < 1.29 is 4.79 Å². The van der Waals surface area contributed by atoms with Crippen LogP contribution in [0.25, 0.3) is 0 Å². The molecule has 0 aliphatic carbocycles. The standard InChI is InChI=1S/C22H29NO/c1-2-3-4-5-6-7-8-9-10-11-12-13-14-15-16-17-18-19-20-21-22(23)24/h2-7,10,13,16,19-21H2,1H3,(H2,23,24). The van der Waals surface area contributed by atoms with Crippen molar-refractivity contribution in [1.82, 2.24) is 0 Å². The molecule has 128 valence electrons. The van der Waals surface area contributed by atoms with E-state index in [2.05, 4.69) is 54.3 Å². The summed E-state index contributed by atoms with van der Waals surface area (Å²) < 4.78 is 0. The first-order valence-corrected chi connectivity index (χ1v) is 8.88. The number of nitrogens with two attached hydrogens (primary N) is 1. The highest BCUT2D eigenvalue weighted by molar-refractivity contribution is 5.73. The highest BCUT2D eigenvalue weighted by atomic mass is 16.1. The van der Waals surface area contributed by atoms with Crippen LogP contribution in [0.1, 0.15) is 84.0 Å². The van der Waals surface area contributed by atoms with E-state index in [9.17, 15) is 4.79 Å².